The van der Waals surface area contributed by atoms with Gasteiger partial charge in [-0.3, -0.25) is 4.79 Å². The Balaban J connectivity index is 2.76. The summed E-state index contributed by atoms with van der Waals surface area (Å²) < 4.78 is 26.0. The molecule has 2 nitrogen and oxygen atoms in total. The molecule has 14 heavy (non-hydrogen) atoms. The third kappa shape index (κ3) is 2.39. The number of carbonyl (C=O) groups is 1. The molecule has 0 radical (unpaired) electrons. The van der Waals surface area contributed by atoms with Crippen LogP contribution >= 0.6 is 0 Å². The molecule has 0 aromatic heterocycles. The molecule has 0 spiro atoms. The number of nitrogens with one attached hydrogen (secondary N) is 1. The lowest BCUT2D eigenvalue weighted by molar-refractivity contribution is -0.116. The highest BCUT2D eigenvalue weighted by Gasteiger charge is 2.08. The van der Waals surface area contributed by atoms with E-state index in [1.165, 1.54) is 6.07 Å². The molecule has 0 saturated carbocycles. The number of hydrogen-bond acceptors (Lipinski definition) is 1. The van der Waals surface area contributed by atoms with Crippen LogP contribution in [0, 0.1) is 11.6 Å². The molecule has 1 aromatic carbocycles. The van der Waals surface area contributed by atoms with Gasteiger partial charge in [0, 0.05) is 12.1 Å². The van der Waals surface area contributed by atoms with Crippen molar-refractivity contribution in [1.29, 1.82) is 0 Å². The lowest BCUT2D eigenvalue weighted by Gasteiger charge is -2.04. The van der Waals surface area contributed by atoms with E-state index in [1.807, 2.05) is 0 Å². The quantitative estimate of drug-likeness (QED) is 0.735. The van der Waals surface area contributed by atoms with Crippen LogP contribution in [-0.2, 0) is 11.3 Å². The number of halogens is 2. The Kier molecular flexibility index (Phi) is 3.34. The van der Waals surface area contributed by atoms with E-state index in [-0.39, 0.29) is 12.1 Å². The summed E-state index contributed by atoms with van der Waals surface area (Å²) in [6.45, 7) is 3.04. The van der Waals surface area contributed by atoms with Crippen LogP contribution in [0.2, 0.25) is 0 Å². The Bertz CT molecular complexity index is 343. The standard InChI is InChI=1S/C10H9F2NO/c1-2-10(14)13-6-7-8(11)4-3-5-9(7)12/h2-5H,1,6H2,(H,13,14). The highest BCUT2D eigenvalue weighted by molar-refractivity contribution is 5.86. The molecule has 0 aliphatic heterocycles. The van der Waals surface area contributed by atoms with Gasteiger partial charge in [0.25, 0.3) is 0 Å². The summed E-state index contributed by atoms with van der Waals surface area (Å²) in [4.78, 5) is 10.7. The fraction of sp³-hybridized carbons (Fsp3) is 0.100. The second-order valence-corrected chi connectivity index (χ2v) is 2.62. The molecular weight excluding hydrogens is 188 g/mol. The van der Waals surface area contributed by atoms with Crippen molar-refractivity contribution < 1.29 is 13.6 Å². The molecule has 0 heterocycles. The first kappa shape index (κ1) is 10.4. The van der Waals surface area contributed by atoms with Gasteiger partial charge in [-0.2, -0.15) is 0 Å². The van der Waals surface area contributed by atoms with E-state index in [9.17, 15) is 13.6 Å². The first-order valence-corrected chi connectivity index (χ1v) is 3.98. The van der Waals surface area contributed by atoms with E-state index in [4.69, 9.17) is 0 Å². The smallest absolute Gasteiger partial charge is 0.243 e. The van der Waals surface area contributed by atoms with Gasteiger partial charge >= 0.3 is 0 Å². The molecule has 74 valence electrons. The maximum atomic E-state index is 13.0. The van der Waals surface area contributed by atoms with Crippen LogP contribution < -0.4 is 5.32 Å². The molecule has 0 aliphatic rings. The van der Waals surface area contributed by atoms with Gasteiger partial charge in [-0.05, 0) is 18.2 Å². The second-order valence-electron chi connectivity index (χ2n) is 2.62. The summed E-state index contributed by atoms with van der Waals surface area (Å²) in [6, 6.07) is 3.54. The summed E-state index contributed by atoms with van der Waals surface area (Å²) in [5.41, 5.74) is -0.150. The summed E-state index contributed by atoms with van der Waals surface area (Å²) in [6.07, 6.45) is 1.04. The molecule has 0 bridgehead atoms. The third-order valence-corrected chi connectivity index (χ3v) is 1.69. The molecule has 0 atom stereocenters. The van der Waals surface area contributed by atoms with Crippen LogP contribution in [0.1, 0.15) is 5.56 Å². The van der Waals surface area contributed by atoms with Gasteiger partial charge in [0.05, 0.1) is 0 Å². The van der Waals surface area contributed by atoms with Gasteiger partial charge in [-0.25, -0.2) is 8.78 Å². The minimum atomic E-state index is -0.672. The normalized spacial score (nSPS) is 9.57. The van der Waals surface area contributed by atoms with Crippen LogP contribution in [0.3, 0.4) is 0 Å². The van der Waals surface area contributed by atoms with Crippen molar-refractivity contribution in [1.82, 2.24) is 5.32 Å². The molecule has 1 amide bonds. The van der Waals surface area contributed by atoms with E-state index < -0.39 is 17.5 Å². The van der Waals surface area contributed by atoms with Crippen molar-refractivity contribution in [2.24, 2.45) is 0 Å². The Morgan fingerprint density at radius 2 is 2.00 bits per heavy atom. The first-order chi connectivity index (χ1) is 6.65. The van der Waals surface area contributed by atoms with Crippen LogP contribution in [0.5, 0.6) is 0 Å². The van der Waals surface area contributed by atoms with Gasteiger partial charge in [-0.1, -0.05) is 12.6 Å². The number of rotatable bonds is 3. The first-order valence-electron chi connectivity index (χ1n) is 3.98. The van der Waals surface area contributed by atoms with Crippen molar-refractivity contribution in [3.8, 4) is 0 Å². The molecular formula is C10H9F2NO. The zero-order valence-electron chi connectivity index (χ0n) is 7.39. The van der Waals surface area contributed by atoms with Crippen LogP contribution in [0.15, 0.2) is 30.9 Å². The fourth-order valence-corrected chi connectivity index (χ4v) is 0.949. The minimum Gasteiger partial charge on any atom is -0.348 e. The molecule has 0 unspecified atom stereocenters. The van der Waals surface area contributed by atoms with Crippen LogP contribution in [-0.4, -0.2) is 5.91 Å². The third-order valence-electron chi connectivity index (χ3n) is 1.69. The second kappa shape index (κ2) is 4.50. The van der Waals surface area contributed by atoms with E-state index in [0.29, 0.717) is 0 Å². The molecule has 4 heteroatoms. The minimum absolute atomic E-state index is 0.150. The number of amides is 1. The molecule has 0 fully saturated rings. The maximum absolute atomic E-state index is 13.0. The number of benzene rings is 1. The SMILES string of the molecule is C=CC(=O)NCc1c(F)cccc1F. The van der Waals surface area contributed by atoms with Crippen molar-refractivity contribution in [2.45, 2.75) is 6.54 Å². The predicted molar refractivity (Wildman–Crippen MR) is 48.4 cm³/mol. The molecule has 0 saturated heterocycles. The maximum Gasteiger partial charge on any atom is 0.243 e. The lowest BCUT2D eigenvalue weighted by atomic mass is 10.2. The Morgan fingerprint density at radius 1 is 1.43 bits per heavy atom. The van der Waals surface area contributed by atoms with Gasteiger partial charge in [-0.15, -0.1) is 0 Å². The molecule has 1 rings (SSSR count). The van der Waals surface area contributed by atoms with Gasteiger partial charge in [0.2, 0.25) is 5.91 Å². The Morgan fingerprint density at radius 3 is 2.50 bits per heavy atom. The highest BCUT2D eigenvalue weighted by Crippen LogP contribution is 2.11. The van der Waals surface area contributed by atoms with E-state index in [1.54, 1.807) is 0 Å². The Hall–Kier alpha value is -1.71. The van der Waals surface area contributed by atoms with E-state index >= 15 is 0 Å². The number of hydrogen-bond donors (Lipinski definition) is 1. The molecule has 0 aliphatic carbocycles. The van der Waals surface area contributed by atoms with Crippen molar-refractivity contribution >= 4 is 5.91 Å². The average molecular weight is 197 g/mol. The Labute approximate surface area is 80.2 Å². The summed E-state index contributed by atoms with van der Waals surface area (Å²) >= 11 is 0. The summed E-state index contributed by atoms with van der Waals surface area (Å²) in [7, 11) is 0. The topological polar surface area (TPSA) is 29.1 Å². The van der Waals surface area contributed by atoms with Gasteiger partial charge in [0.15, 0.2) is 0 Å². The fourth-order valence-electron chi connectivity index (χ4n) is 0.949. The van der Waals surface area contributed by atoms with E-state index in [0.717, 1.165) is 18.2 Å². The van der Waals surface area contributed by atoms with Crippen LogP contribution in [0.4, 0.5) is 8.78 Å². The summed E-state index contributed by atoms with van der Waals surface area (Å²) in [5, 5.41) is 2.29. The monoisotopic (exact) mass is 197 g/mol. The van der Waals surface area contributed by atoms with Gasteiger partial charge in [0.1, 0.15) is 11.6 Å². The van der Waals surface area contributed by atoms with Crippen molar-refractivity contribution in [2.75, 3.05) is 0 Å². The number of carbonyl (C=O) groups excluding carboxylic acids is 1. The van der Waals surface area contributed by atoms with Crippen molar-refractivity contribution in [3.63, 3.8) is 0 Å². The largest absolute Gasteiger partial charge is 0.348 e. The van der Waals surface area contributed by atoms with E-state index in [2.05, 4.69) is 11.9 Å². The zero-order chi connectivity index (χ0) is 10.6. The summed E-state index contributed by atoms with van der Waals surface area (Å²) in [5.74, 6) is -1.81. The molecule has 1 N–H and O–H groups in total. The van der Waals surface area contributed by atoms with Crippen LogP contribution in [0.25, 0.3) is 0 Å². The predicted octanol–water partition coefficient (Wildman–Crippen LogP) is 1.77. The zero-order valence-corrected chi connectivity index (χ0v) is 7.39. The van der Waals surface area contributed by atoms with Crippen molar-refractivity contribution in [3.05, 3.63) is 48.1 Å². The highest BCUT2D eigenvalue weighted by atomic mass is 19.1. The van der Waals surface area contributed by atoms with Gasteiger partial charge < -0.3 is 5.32 Å². The average Bonchev–Trinajstić information content (AvgIpc) is 2.16. The molecule has 1 aromatic rings. The lowest BCUT2D eigenvalue weighted by Crippen LogP contribution is -2.21.